The summed E-state index contributed by atoms with van der Waals surface area (Å²) in [5, 5.41) is 15.0. The van der Waals surface area contributed by atoms with Crippen LogP contribution in [0.5, 0.6) is 11.5 Å². The topological polar surface area (TPSA) is 99.9 Å². The fourth-order valence-electron chi connectivity index (χ4n) is 3.12. The van der Waals surface area contributed by atoms with E-state index < -0.39 is 18.3 Å². The Morgan fingerprint density at radius 3 is 2.09 bits per heavy atom. The van der Waals surface area contributed by atoms with Gasteiger partial charge in [-0.25, -0.2) is 0 Å². The van der Waals surface area contributed by atoms with E-state index in [0.717, 1.165) is 0 Å². The van der Waals surface area contributed by atoms with Crippen LogP contribution in [-0.4, -0.2) is 18.1 Å². The Hall–Kier alpha value is -2.90. The van der Waals surface area contributed by atoms with Crippen LogP contribution >= 0.6 is 19.2 Å². The van der Waals surface area contributed by atoms with E-state index in [9.17, 15) is 14.7 Å². The summed E-state index contributed by atoms with van der Waals surface area (Å²) in [7, 11) is -3.72. The van der Waals surface area contributed by atoms with Crippen molar-refractivity contribution in [2.24, 2.45) is 0 Å². The molecule has 0 aliphatic heterocycles. The number of ether oxygens (including phenoxy) is 1. The number of hydrogen-bond acceptors (Lipinski definition) is 7. The maximum atomic E-state index is 13.6. The molecule has 0 radical (unpaired) electrons. The zero-order valence-corrected chi connectivity index (χ0v) is 19.8. The van der Waals surface area contributed by atoms with Gasteiger partial charge in [0, 0.05) is 22.8 Å². The summed E-state index contributed by atoms with van der Waals surface area (Å²) in [5.41, 5.74) is 0.899. The number of benzene rings is 3. The summed E-state index contributed by atoms with van der Waals surface area (Å²) >= 11 is 5.90. The molecule has 0 amide bonds. The second-order valence-electron chi connectivity index (χ2n) is 6.85. The highest BCUT2D eigenvalue weighted by molar-refractivity contribution is 7.54. The number of nitrogens with one attached hydrogen (secondary N) is 1. The number of halogens is 1. The van der Waals surface area contributed by atoms with E-state index in [1.165, 1.54) is 18.2 Å². The first-order valence-corrected chi connectivity index (χ1v) is 12.3. The second kappa shape index (κ2) is 11.3. The van der Waals surface area contributed by atoms with Crippen molar-refractivity contribution < 1.29 is 23.3 Å². The van der Waals surface area contributed by atoms with Crippen LogP contribution in [0.4, 0.5) is 11.4 Å². The smallest absolute Gasteiger partial charge is 0.357 e. The first-order valence-electron chi connectivity index (χ1n) is 10.3. The minimum absolute atomic E-state index is 0.120. The molecule has 8 nitrogen and oxygen atoms in total. The molecule has 3 aromatic carbocycles. The van der Waals surface area contributed by atoms with Crippen molar-refractivity contribution >= 4 is 30.6 Å². The summed E-state index contributed by atoms with van der Waals surface area (Å²) in [6, 6.07) is 19.9. The average Bonchev–Trinajstić information content (AvgIpc) is 2.80. The fraction of sp³-hybridized carbons (Fsp3) is 0.217. The lowest BCUT2D eigenvalue weighted by atomic mass is 10.2. The van der Waals surface area contributed by atoms with Crippen LogP contribution < -0.4 is 10.1 Å². The molecule has 0 aliphatic rings. The van der Waals surface area contributed by atoms with Gasteiger partial charge in [-0.2, -0.15) is 0 Å². The Morgan fingerprint density at radius 1 is 0.970 bits per heavy atom. The molecule has 33 heavy (non-hydrogen) atoms. The van der Waals surface area contributed by atoms with Crippen molar-refractivity contribution in [2.45, 2.75) is 19.6 Å². The van der Waals surface area contributed by atoms with E-state index in [1.54, 1.807) is 68.4 Å². The number of nitro benzene ring substituents is 1. The molecule has 0 fully saturated rings. The summed E-state index contributed by atoms with van der Waals surface area (Å²) in [4.78, 5) is 10.8. The van der Waals surface area contributed by atoms with Crippen LogP contribution in [0.15, 0.2) is 72.8 Å². The third kappa shape index (κ3) is 6.55. The maximum absolute atomic E-state index is 13.6. The highest BCUT2D eigenvalue weighted by Gasteiger charge is 2.37. The minimum Gasteiger partial charge on any atom is -0.457 e. The molecule has 1 N–H and O–H groups in total. The molecular formula is C23H24ClN2O6P. The van der Waals surface area contributed by atoms with Crippen LogP contribution in [0.1, 0.15) is 25.2 Å². The van der Waals surface area contributed by atoms with Gasteiger partial charge in [-0.05, 0) is 67.9 Å². The van der Waals surface area contributed by atoms with Crippen molar-refractivity contribution in [3.63, 3.8) is 0 Å². The zero-order valence-electron chi connectivity index (χ0n) is 18.1. The largest absolute Gasteiger partial charge is 0.457 e. The summed E-state index contributed by atoms with van der Waals surface area (Å²) in [6.07, 6.45) is 0. The molecule has 0 heterocycles. The van der Waals surface area contributed by atoms with Gasteiger partial charge in [-0.1, -0.05) is 23.7 Å². The van der Waals surface area contributed by atoms with Gasteiger partial charge in [0.25, 0.3) is 5.69 Å². The lowest BCUT2D eigenvalue weighted by Crippen LogP contribution is -2.15. The molecule has 10 heteroatoms. The third-order valence-corrected chi connectivity index (χ3v) is 7.09. The first kappa shape index (κ1) is 24.7. The van der Waals surface area contributed by atoms with Crippen molar-refractivity contribution in [3.05, 3.63) is 93.5 Å². The van der Waals surface area contributed by atoms with Gasteiger partial charge in [-0.3, -0.25) is 14.7 Å². The molecule has 174 valence electrons. The molecule has 3 rings (SSSR count). The fourth-order valence-corrected chi connectivity index (χ4v) is 5.17. The standard InChI is InChI=1S/C23H24ClN2O6P/c1-3-30-33(29,31-4-2)23(17-6-5-7-20(16-17)26(27)28)25-19-10-14-22(15-11-19)32-21-12-8-18(24)9-13-21/h5-16,23,25H,3-4H2,1-2H3. The van der Waals surface area contributed by atoms with Crippen LogP contribution in [-0.2, 0) is 13.6 Å². The van der Waals surface area contributed by atoms with Gasteiger partial charge in [0.05, 0.1) is 18.1 Å². The van der Waals surface area contributed by atoms with Crippen LogP contribution in [0.3, 0.4) is 0 Å². The minimum atomic E-state index is -3.72. The summed E-state index contributed by atoms with van der Waals surface area (Å²) in [6.45, 7) is 3.72. The number of anilines is 1. The highest BCUT2D eigenvalue weighted by atomic mass is 35.5. The lowest BCUT2D eigenvalue weighted by molar-refractivity contribution is -0.384. The van der Waals surface area contributed by atoms with E-state index in [0.29, 0.717) is 27.8 Å². The van der Waals surface area contributed by atoms with Gasteiger partial charge < -0.3 is 19.1 Å². The average molecular weight is 491 g/mol. The predicted molar refractivity (Wildman–Crippen MR) is 128 cm³/mol. The number of rotatable bonds is 11. The quantitative estimate of drug-likeness (QED) is 0.169. The molecule has 1 atom stereocenters. The van der Waals surface area contributed by atoms with Gasteiger partial charge in [0.2, 0.25) is 0 Å². The zero-order chi connectivity index (χ0) is 23.8. The van der Waals surface area contributed by atoms with Crippen LogP contribution in [0, 0.1) is 10.1 Å². The van der Waals surface area contributed by atoms with Crippen molar-refractivity contribution in [1.29, 1.82) is 0 Å². The van der Waals surface area contributed by atoms with Crippen LogP contribution in [0.25, 0.3) is 0 Å². The summed E-state index contributed by atoms with van der Waals surface area (Å²) in [5.74, 6) is 0.264. The number of hydrogen-bond donors (Lipinski definition) is 1. The molecule has 0 aliphatic carbocycles. The van der Waals surface area contributed by atoms with E-state index in [-0.39, 0.29) is 18.9 Å². The Labute approximate surface area is 197 Å². The van der Waals surface area contributed by atoms with Crippen LogP contribution in [0.2, 0.25) is 5.02 Å². The Bertz CT molecular complexity index is 1110. The molecule has 0 aromatic heterocycles. The van der Waals surface area contributed by atoms with Gasteiger partial charge in [0.1, 0.15) is 11.5 Å². The summed E-state index contributed by atoms with van der Waals surface area (Å²) < 4.78 is 30.5. The molecule has 0 bridgehead atoms. The number of nitro groups is 1. The van der Waals surface area contributed by atoms with Crippen molar-refractivity contribution in [1.82, 2.24) is 0 Å². The molecule has 0 spiro atoms. The van der Waals surface area contributed by atoms with Gasteiger partial charge in [-0.15, -0.1) is 0 Å². The monoisotopic (exact) mass is 490 g/mol. The molecule has 0 saturated heterocycles. The Morgan fingerprint density at radius 2 is 1.55 bits per heavy atom. The van der Waals surface area contributed by atoms with E-state index >= 15 is 0 Å². The van der Waals surface area contributed by atoms with Crippen molar-refractivity contribution in [2.75, 3.05) is 18.5 Å². The SMILES string of the molecule is CCOP(=O)(OCC)C(Nc1ccc(Oc2ccc(Cl)cc2)cc1)c1cccc([N+](=O)[O-])c1. The van der Waals surface area contributed by atoms with Gasteiger partial charge >= 0.3 is 7.60 Å². The first-order chi connectivity index (χ1) is 15.8. The predicted octanol–water partition coefficient (Wildman–Crippen LogP) is 7.42. The molecule has 0 saturated carbocycles. The second-order valence-corrected chi connectivity index (χ2v) is 9.40. The Kier molecular flexibility index (Phi) is 8.47. The normalized spacial score (nSPS) is 12.2. The lowest BCUT2D eigenvalue weighted by Gasteiger charge is -2.28. The maximum Gasteiger partial charge on any atom is 0.357 e. The van der Waals surface area contributed by atoms with E-state index in [1.807, 2.05) is 0 Å². The van der Waals surface area contributed by atoms with E-state index in [2.05, 4.69) is 5.32 Å². The number of non-ortho nitro benzene ring substituents is 1. The molecule has 1 unspecified atom stereocenters. The highest BCUT2D eigenvalue weighted by Crippen LogP contribution is 2.61. The Balaban J connectivity index is 1.89. The number of nitrogens with zero attached hydrogens (tertiary/aromatic N) is 1. The molecule has 3 aromatic rings. The third-order valence-electron chi connectivity index (χ3n) is 4.54. The molecular weight excluding hydrogens is 467 g/mol. The van der Waals surface area contributed by atoms with E-state index in [4.69, 9.17) is 25.4 Å². The van der Waals surface area contributed by atoms with Crippen molar-refractivity contribution in [3.8, 4) is 11.5 Å². The van der Waals surface area contributed by atoms with Gasteiger partial charge in [0.15, 0.2) is 5.78 Å².